The number of nitrogen functional groups attached to an aromatic ring is 1. The number of fused-ring (bicyclic) bond motifs is 1. The van der Waals surface area contributed by atoms with Crippen LogP contribution in [0.5, 0.6) is 0 Å². The van der Waals surface area contributed by atoms with Crippen molar-refractivity contribution in [2.24, 2.45) is 17.8 Å². The van der Waals surface area contributed by atoms with Gasteiger partial charge in [-0.2, -0.15) is 18.3 Å². The molecule has 1 saturated heterocycles. The Bertz CT molecular complexity index is 927. The fourth-order valence-electron chi connectivity index (χ4n) is 4.83. The highest BCUT2D eigenvalue weighted by Gasteiger charge is 2.57. The molecule has 0 amide bonds. The third kappa shape index (κ3) is 3.69. The lowest BCUT2D eigenvalue weighted by molar-refractivity contribution is -0.137. The van der Waals surface area contributed by atoms with Crippen LogP contribution in [-0.4, -0.2) is 53.0 Å². The Labute approximate surface area is 173 Å². The van der Waals surface area contributed by atoms with Crippen molar-refractivity contribution in [1.82, 2.24) is 19.7 Å². The molecule has 0 aromatic carbocycles. The maximum Gasteiger partial charge on any atom is 0.419 e. The number of ether oxygens (including phenoxy) is 1. The molecule has 2 aliphatic carbocycles. The van der Waals surface area contributed by atoms with Gasteiger partial charge in [-0.1, -0.05) is 0 Å². The number of nitrogens with zero attached hydrogens (tertiary/aromatic N) is 4. The minimum atomic E-state index is -4.54. The van der Waals surface area contributed by atoms with Crippen molar-refractivity contribution in [2.45, 2.75) is 31.5 Å². The van der Waals surface area contributed by atoms with Gasteiger partial charge < -0.3 is 15.4 Å². The number of hydrogen-bond acceptors (Lipinski definition) is 5. The Hall–Kier alpha value is -2.13. The first-order valence-electron chi connectivity index (χ1n) is 10.5. The molecule has 3 fully saturated rings. The minimum absolute atomic E-state index is 0.361. The SMILES string of the molecule is COCCN1CC2C(C1)C2c1cc(-c2cnc(N)c(C(F)(F)F)c2)nn1CC1CC1. The van der Waals surface area contributed by atoms with E-state index in [0.717, 1.165) is 44.5 Å². The number of methoxy groups -OCH3 is 1. The number of alkyl halides is 3. The molecule has 2 saturated carbocycles. The van der Waals surface area contributed by atoms with Crippen molar-refractivity contribution in [1.29, 1.82) is 0 Å². The smallest absolute Gasteiger partial charge is 0.383 e. The standard InChI is InChI=1S/C21H26F3N5O/c1-30-5-4-28-10-14-15(11-28)19(14)18-7-17(27-29(18)9-12-2-3-12)13-6-16(21(22,23)24)20(25)26-8-13/h6-8,12,14-15,19H,2-5,9-11H2,1H3,(H2,25,26). The highest BCUT2D eigenvalue weighted by atomic mass is 19.4. The summed E-state index contributed by atoms with van der Waals surface area (Å²) >= 11 is 0. The summed E-state index contributed by atoms with van der Waals surface area (Å²) in [5, 5.41) is 4.71. The molecule has 2 N–H and O–H groups in total. The van der Waals surface area contributed by atoms with Gasteiger partial charge >= 0.3 is 6.18 Å². The van der Waals surface area contributed by atoms with E-state index in [4.69, 9.17) is 15.6 Å². The number of nitrogens with two attached hydrogens (primary N) is 1. The van der Waals surface area contributed by atoms with Gasteiger partial charge in [0.05, 0.1) is 17.9 Å². The van der Waals surface area contributed by atoms with Crippen LogP contribution in [0.3, 0.4) is 0 Å². The first-order chi connectivity index (χ1) is 14.3. The van der Waals surface area contributed by atoms with Gasteiger partial charge in [0, 0.05) is 56.7 Å². The summed E-state index contributed by atoms with van der Waals surface area (Å²) in [6, 6.07) is 3.04. The number of piperidine rings is 1. The summed E-state index contributed by atoms with van der Waals surface area (Å²) in [5.41, 5.74) is 6.62. The first-order valence-corrected chi connectivity index (χ1v) is 10.5. The zero-order valence-electron chi connectivity index (χ0n) is 16.9. The lowest BCUT2D eigenvalue weighted by Gasteiger charge is -2.19. The fourth-order valence-corrected chi connectivity index (χ4v) is 4.83. The molecule has 2 unspecified atom stereocenters. The van der Waals surface area contributed by atoms with E-state index in [1.54, 1.807) is 7.11 Å². The van der Waals surface area contributed by atoms with E-state index in [-0.39, 0.29) is 0 Å². The normalized spacial score (nSPS) is 26.2. The monoisotopic (exact) mass is 421 g/mol. The van der Waals surface area contributed by atoms with Crippen LogP contribution >= 0.6 is 0 Å². The molecule has 3 aliphatic rings. The van der Waals surface area contributed by atoms with E-state index < -0.39 is 17.6 Å². The third-order valence-corrected chi connectivity index (χ3v) is 6.68. The Morgan fingerprint density at radius 1 is 1.20 bits per heavy atom. The quantitative estimate of drug-likeness (QED) is 0.743. The summed E-state index contributed by atoms with van der Waals surface area (Å²) in [7, 11) is 1.72. The van der Waals surface area contributed by atoms with Crippen LogP contribution in [0.25, 0.3) is 11.3 Å². The van der Waals surface area contributed by atoms with E-state index in [1.165, 1.54) is 19.0 Å². The topological polar surface area (TPSA) is 69.2 Å². The lowest BCUT2D eigenvalue weighted by atomic mass is 10.1. The first kappa shape index (κ1) is 19.8. The van der Waals surface area contributed by atoms with Crippen LogP contribution in [0.4, 0.5) is 19.0 Å². The maximum absolute atomic E-state index is 13.3. The number of hydrogen-bond donors (Lipinski definition) is 1. The van der Waals surface area contributed by atoms with E-state index in [9.17, 15) is 13.2 Å². The van der Waals surface area contributed by atoms with Crippen LogP contribution in [0.15, 0.2) is 18.3 Å². The van der Waals surface area contributed by atoms with Crippen LogP contribution in [0.1, 0.15) is 30.0 Å². The molecule has 1 aliphatic heterocycles. The van der Waals surface area contributed by atoms with Crippen molar-refractivity contribution in [3.8, 4) is 11.3 Å². The molecule has 2 atom stereocenters. The Morgan fingerprint density at radius 3 is 2.57 bits per heavy atom. The molecular weight excluding hydrogens is 395 g/mol. The van der Waals surface area contributed by atoms with Gasteiger partial charge in [0.25, 0.3) is 0 Å². The second-order valence-corrected chi connectivity index (χ2v) is 8.84. The molecule has 0 radical (unpaired) electrons. The lowest BCUT2D eigenvalue weighted by Crippen LogP contribution is -2.28. The van der Waals surface area contributed by atoms with Crippen molar-refractivity contribution in [2.75, 3.05) is 39.1 Å². The number of likely N-dealkylation sites (tertiary alicyclic amines) is 1. The summed E-state index contributed by atoms with van der Waals surface area (Å²) in [4.78, 5) is 6.21. The zero-order chi connectivity index (χ0) is 21.0. The Balaban J connectivity index is 1.41. The van der Waals surface area contributed by atoms with Crippen LogP contribution in [-0.2, 0) is 17.5 Å². The number of pyridine rings is 1. The third-order valence-electron chi connectivity index (χ3n) is 6.68. The van der Waals surface area contributed by atoms with Crippen LogP contribution < -0.4 is 5.73 Å². The molecule has 0 spiro atoms. The van der Waals surface area contributed by atoms with Crippen molar-refractivity contribution >= 4 is 5.82 Å². The molecule has 30 heavy (non-hydrogen) atoms. The minimum Gasteiger partial charge on any atom is -0.383 e. The van der Waals surface area contributed by atoms with Gasteiger partial charge in [0.2, 0.25) is 0 Å². The number of rotatable bonds is 7. The number of anilines is 1. The van der Waals surface area contributed by atoms with Crippen molar-refractivity contribution in [3.63, 3.8) is 0 Å². The van der Waals surface area contributed by atoms with Gasteiger partial charge in [-0.05, 0) is 42.7 Å². The highest BCUT2D eigenvalue weighted by molar-refractivity contribution is 5.63. The predicted octanol–water partition coefficient (Wildman–Crippen LogP) is 3.25. The van der Waals surface area contributed by atoms with Gasteiger partial charge in [-0.15, -0.1) is 0 Å². The second kappa shape index (κ2) is 7.23. The van der Waals surface area contributed by atoms with E-state index in [1.807, 2.05) is 10.7 Å². The number of halogens is 3. The van der Waals surface area contributed by atoms with Crippen molar-refractivity contribution < 1.29 is 17.9 Å². The maximum atomic E-state index is 13.3. The summed E-state index contributed by atoms with van der Waals surface area (Å²) in [6.07, 6.45) is -0.763. The zero-order valence-corrected chi connectivity index (χ0v) is 16.9. The molecule has 3 heterocycles. The van der Waals surface area contributed by atoms with Gasteiger partial charge in [-0.25, -0.2) is 4.98 Å². The summed E-state index contributed by atoms with van der Waals surface area (Å²) < 4.78 is 47.0. The molecule has 9 heteroatoms. The average Bonchev–Trinajstić information content (AvgIpc) is 3.54. The second-order valence-electron chi connectivity index (χ2n) is 8.84. The summed E-state index contributed by atoms with van der Waals surface area (Å²) in [5.74, 6) is 1.76. The van der Waals surface area contributed by atoms with Gasteiger partial charge in [-0.3, -0.25) is 4.68 Å². The molecule has 2 aromatic heterocycles. The van der Waals surface area contributed by atoms with Gasteiger partial charge in [0.1, 0.15) is 5.82 Å². The molecular formula is C21H26F3N5O. The predicted molar refractivity (Wildman–Crippen MR) is 106 cm³/mol. The number of aromatic nitrogens is 3. The molecule has 6 nitrogen and oxygen atoms in total. The van der Waals surface area contributed by atoms with Crippen molar-refractivity contribution in [3.05, 3.63) is 29.6 Å². The van der Waals surface area contributed by atoms with Crippen LogP contribution in [0.2, 0.25) is 0 Å². The fraction of sp³-hybridized carbons (Fsp3) is 0.619. The molecule has 5 rings (SSSR count). The van der Waals surface area contributed by atoms with E-state index in [2.05, 4.69) is 9.88 Å². The van der Waals surface area contributed by atoms with E-state index in [0.29, 0.717) is 34.9 Å². The highest BCUT2D eigenvalue weighted by Crippen LogP contribution is 2.58. The summed E-state index contributed by atoms with van der Waals surface area (Å²) in [6.45, 7) is 4.61. The average molecular weight is 421 g/mol. The Kier molecular flexibility index (Phi) is 4.77. The molecule has 162 valence electrons. The van der Waals surface area contributed by atoms with E-state index >= 15 is 0 Å². The molecule has 0 bridgehead atoms. The van der Waals surface area contributed by atoms with Gasteiger partial charge in [0.15, 0.2) is 0 Å². The Morgan fingerprint density at radius 2 is 1.93 bits per heavy atom. The van der Waals surface area contributed by atoms with Crippen LogP contribution in [0, 0.1) is 17.8 Å². The largest absolute Gasteiger partial charge is 0.419 e. The molecule has 2 aromatic rings.